The standard InChI is InChI=1S/C11H21NO3/c1-4-8(2)7-10(13)12-9(3)5-6-11(14)15/h8-9H,4-7H2,1-3H3,(H,12,13)(H,14,15). The number of carboxylic acid groups (broad SMARTS) is 1. The van der Waals surface area contributed by atoms with Gasteiger partial charge in [-0.2, -0.15) is 0 Å². The number of aliphatic carboxylic acids is 1. The van der Waals surface area contributed by atoms with Crippen molar-refractivity contribution in [2.24, 2.45) is 5.92 Å². The van der Waals surface area contributed by atoms with Crippen LogP contribution in [0.5, 0.6) is 0 Å². The fourth-order valence-corrected chi connectivity index (χ4v) is 1.21. The van der Waals surface area contributed by atoms with Gasteiger partial charge < -0.3 is 10.4 Å². The maximum absolute atomic E-state index is 11.4. The fourth-order valence-electron chi connectivity index (χ4n) is 1.21. The van der Waals surface area contributed by atoms with Gasteiger partial charge in [0.1, 0.15) is 0 Å². The van der Waals surface area contributed by atoms with Crippen molar-refractivity contribution < 1.29 is 14.7 Å². The number of carboxylic acids is 1. The highest BCUT2D eigenvalue weighted by atomic mass is 16.4. The molecule has 0 bridgehead atoms. The molecule has 0 heterocycles. The third-order valence-electron chi connectivity index (χ3n) is 2.43. The largest absolute Gasteiger partial charge is 0.481 e. The summed E-state index contributed by atoms with van der Waals surface area (Å²) >= 11 is 0. The summed E-state index contributed by atoms with van der Waals surface area (Å²) in [6.45, 7) is 5.91. The van der Waals surface area contributed by atoms with Gasteiger partial charge in [-0.3, -0.25) is 9.59 Å². The SMILES string of the molecule is CCC(C)CC(=O)NC(C)CCC(=O)O. The van der Waals surface area contributed by atoms with E-state index < -0.39 is 5.97 Å². The monoisotopic (exact) mass is 215 g/mol. The Balaban J connectivity index is 3.71. The van der Waals surface area contributed by atoms with E-state index in [4.69, 9.17) is 5.11 Å². The number of hydrogen-bond acceptors (Lipinski definition) is 2. The first-order valence-electron chi connectivity index (χ1n) is 5.46. The van der Waals surface area contributed by atoms with Gasteiger partial charge in [0.2, 0.25) is 5.91 Å². The molecular formula is C11H21NO3. The van der Waals surface area contributed by atoms with Gasteiger partial charge >= 0.3 is 5.97 Å². The van der Waals surface area contributed by atoms with E-state index >= 15 is 0 Å². The maximum atomic E-state index is 11.4. The van der Waals surface area contributed by atoms with Crippen molar-refractivity contribution in [3.63, 3.8) is 0 Å². The molecule has 0 rings (SSSR count). The Kier molecular flexibility index (Phi) is 6.75. The predicted octanol–water partition coefficient (Wildman–Crippen LogP) is 1.79. The maximum Gasteiger partial charge on any atom is 0.303 e. The molecule has 88 valence electrons. The second-order valence-corrected chi connectivity index (χ2v) is 4.12. The molecule has 4 nitrogen and oxygen atoms in total. The van der Waals surface area contributed by atoms with Crippen LogP contribution in [0, 0.1) is 5.92 Å². The molecule has 2 unspecified atom stereocenters. The van der Waals surface area contributed by atoms with Crippen LogP contribution in [-0.2, 0) is 9.59 Å². The molecule has 0 aromatic carbocycles. The minimum Gasteiger partial charge on any atom is -0.481 e. The Hall–Kier alpha value is -1.06. The Morgan fingerprint density at radius 3 is 2.40 bits per heavy atom. The van der Waals surface area contributed by atoms with E-state index in [-0.39, 0.29) is 18.4 Å². The molecule has 0 aliphatic rings. The zero-order chi connectivity index (χ0) is 11.8. The average Bonchev–Trinajstić information content (AvgIpc) is 2.14. The van der Waals surface area contributed by atoms with Crippen molar-refractivity contribution in [2.75, 3.05) is 0 Å². The molecule has 0 aliphatic carbocycles. The topological polar surface area (TPSA) is 66.4 Å². The van der Waals surface area contributed by atoms with Crippen LogP contribution < -0.4 is 5.32 Å². The quantitative estimate of drug-likeness (QED) is 0.680. The highest BCUT2D eigenvalue weighted by Crippen LogP contribution is 2.06. The van der Waals surface area contributed by atoms with Gasteiger partial charge in [-0.05, 0) is 19.3 Å². The lowest BCUT2D eigenvalue weighted by atomic mass is 10.0. The molecule has 1 amide bonds. The van der Waals surface area contributed by atoms with Crippen molar-refractivity contribution in [1.29, 1.82) is 0 Å². The molecule has 0 aromatic heterocycles. The van der Waals surface area contributed by atoms with E-state index in [1.807, 2.05) is 20.8 Å². The number of hydrogen-bond donors (Lipinski definition) is 2. The fraction of sp³-hybridized carbons (Fsp3) is 0.818. The van der Waals surface area contributed by atoms with E-state index in [9.17, 15) is 9.59 Å². The van der Waals surface area contributed by atoms with Crippen LogP contribution in [0.4, 0.5) is 0 Å². The molecular weight excluding hydrogens is 194 g/mol. The number of amides is 1. The first kappa shape index (κ1) is 13.9. The van der Waals surface area contributed by atoms with E-state index in [0.717, 1.165) is 6.42 Å². The third-order valence-corrected chi connectivity index (χ3v) is 2.43. The van der Waals surface area contributed by atoms with Gasteiger partial charge in [-0.1, -0.05) is 20.3 Å². The summed E-state index contributed by atoms with van der Waals surface area (Å²) in [5, 5.41) is 11.3. The highest BCUT2D eigenvalue weighted by Gasteiger charge is 2.11. The Morgan fingerprint density at radius 1 is 1.33 bits per heavy atom. The molecule has 0 aromatic rings. The molecule has 0 saturated heterocycles. The van der Waals surface area contributed by atoms with Crippen LogP contribution in [0.25, 0.3) is 0 Å². The van der Waals surface area contributed by atoms with Crippen LogP contribution in [0.2, 0.25) is 0 Å². The predicted molar refractivity (Wildman–Crippen MR) is 58.5 cm³/mol. The number of nitrogens with one attached hydrogen (secondary N) is 1. The van der Waals surface area contributed by atoms with Crippen LogP contribution in [-0.4, -0.2) is 23.0 Å². The summed E-state index contributed by atoms with van der Waals surface area (Å²) in [6, 6.07) is -0.0577. The molecule has 4 heteroatoms. The second-order valence-electron chi connectivity index (χ2n) is 4.12. The van der Waals surface area contributed by atoms with Gasteiger partial charge in [0.05, 0.1) is 0 Å². The molecule has 0 fully saturated rings. The Morgan fingerprint density at radius 2 is 1.93 bits per heavy atom. The van der Waals surface area contributed by atoms with Gasteiger partial charge in [0, 0.05) is 18.9 Å². The van der Waals surface area contributed by atoms with Crippen molar-refractivity contribution >= 4 is 11.9 Å². The first-order valence-corrected chi connectivity index (χ1v) is 5.46. The molecule has 0 aliphatic heterocycles. The smallest absolute Gasteiger partial charge is 0.303 e. The Bertz CT molecular complexity index is 216. The molecule has 0 spiro atoms. The normalized spacial score (nSPS) is 14.3. The van der Waals surface area contributed by atoms with Crippen LogP contribution in [0.3, 0.4) is 0 Å². The van der Waals surface area contributed by atoms with E-state index in [1.165, 1.54) is 0 Å². The van der Waals surface area contributed by atoms with Crippen molar-refractivity contribution in [2.45, 2.75) is 52.5 Å². The lowest BCUT2D eigenvalue weighted by Crippen LogP contribution is -2.33. The summed E-state index contributed by atoms with van der Waals surface area (Å²) in [7, 11) is 0. The molecule has 0 radical (unpaired) electrons. The molecule has 2 N–H and O–H groups in total. The van der Waals surface area contributed by atoms with Gasteiger partial charge in [0.25, 0.3) is 0 Å². The van der Waals surface area contributed by atoms with Crippen LogP contribution >= 0.6 is 0 Å². The number of carbonyl (C=O) groups is 2. The highest BCUT2D eigenvalue weighted by molar-refractivity contribution is 5.76. The summed E-state index contributed by atoms with van der Waals surface area (Å²) in [4.78, 5) is 21.7. The van der Waals surface area contributed by atoms with Crippen molar-refractivity contribution in [3.8, 4) is 0 Å². The van der Waals surface area contributed by atoms with E-state index in [0.29, 0.717) is 18.8 Å². The third kappa shape index (κ3) is 7.97. The zero-order valence-corrected chi connectivity index (χ0v) is 9.75. The molecule has 2 atom stereocenters. The minimum atomic E-state index is -0.821. The van der Waals surface area contributed by atoms with E-state index in [2.05, 4.69) is 5.32 Å². The number of rotatable bonds is 7. The summed E-state index contributed by atoms with van der Waals surface area (Å²) in [6.07, 6.45) is 2.09. The first-order chi connectivity index (χ1) is 6.95. The minimum absolute atomic E-state index is 0.0160. The molecule has 15 heavy (non-hydrogen) atoms. The van der Waals surface area contributed by atoms with Gasteiger partial charge in [-0.25, -0.2) is 0 Å². The van der Waals surface area contributed by atoms with Gasteiger partial charge in [0.15, 0.2) is 0 Å². The summed E-state index contributed by atoms with van der Waals surface area (Å²) in [5.41, 5.74) is 0. The average molecular weight is 215 g/mol. The lowest BCUT2D eigenvalue weighted by Gasteiger charge is -2.14. The lowest BCUT2D eigenvalue weighted by molar-refractivity contribution is -0.137. The Labute approximate surface area is 91.1 Å². The second kappa shape index (κ2) is 7.26. The number of carbonyl (C=O) groups excluding carboxylic acids is 1. The molecule has 0 saturated carbocycles. The van der Waals surface area contributed by atoms with Crippen LogP contribution in [0.15, 0.2) is 0 Å². The summed E-state index contributed by atoms with van der Waals surface area (Å²) < 4.78 is 0. The van der Waals surface area contributed by atoms with Gasteiger partial charge in [-0.15, -0.1) is 0 Å². The zero-order valence-electron chi connectivity index (χ0n) is 9.75. The summed E-state index contributed by atoms with van der Waals surface area (Å²) in [5.74, 6) is -0.420. The van der Waals surface area contributed by atoms with Crippen molar-refractivity contribution in [1.82, 2.24) is 5.32 Å². The van der Waals surface area contributed by atoms with E-state index in [1.54, 1.807) is 0 Å². The van der Waals surface area contributed by atoms with Crippen LogP contribution in [0.1, 0.15) is 46.5 Å². The van der Waals surface area contributed by atoms with Crippen molar-refractivity contribution in [3.05, 3.63) is 0 Å².